The van der Waals surface area contributed by atoms with Crippen molar-refractivity contribution in [3.63, 3.8) is 0 Å². The Hall–Kier alpha value is -2.45. The van der Waals surface area contributed by atoms with Crippen LogP contribution < -0.4 is 0 Å². The van der Waals surface area contributed by atoms with Crippen LogP contribution in [0, 0.1) is 0 Å². The van der Waals surface area contributed by atoms with Crippen molar-refractivity contribution in [2.45, 2.75) is 10.7 Å². The van der Waals surface area contributed by atoms with Gasteiger partial charge in [0.2, 0.25) is 12.2 Å². The van der Waals surface area contributed by atoms with Crippen LogP contribution in [0.4, 0.5) is 0 Å². The van der Waals surface area contributed by atoms with Crippen LogP contribution in [0.3, 0.4) is 0 Å². The fraction of sp³-hybridized carbons (Fsp3) is 0.125. The molecule has 0 amide bonds. The van der Waals surface area contributed by atoms with E-state index in [2.05, 4.69) is 9.98 Å². The molecule has 4 nitrogen and oxygen atoms in total. The first-order valence-corrected chi connectivity index (χ1v) is 7.18. The first kappa shape index (κ1) is 14.9. The molecule has 0 heterocycles. The molecular formula is C16H12N2O2S. The highest BCUT2D eigenvalue weighted by molar-refractivity contribution is 7.99. The van der Waals surface area contributed by atoms with E-state index in [1.165, 1.54) is 11.8 Å². The van der Waals surface area contributed by atoms with E-state index in [-0.39, 0.29) is 0 Å². The summed E-state index contributed by atoms with van der Waals surface area (Å²) < 4.78 is 0. The molecule has 0 spiro atoms. The van der Waals surface area contributed by atoms with E-state index in [9.17, 15) is 9.59 Å². The standard InChI is InChI=1S/C16H12N2O2S/c19-11-17-15(13-7-3-1-4-8-13)21-16(18-12-20)14-9-5-2-6-10-14/h1-10,15-16H. The number of hydrogen-bond donors (Lipinski definition) is 0. The van der Waals surface area contributed by atoms with Crippen molar-refractivity contribution < 1.29 is 9.59 Å². The Balaban J connectivity index is 2.29. The summed E-state index contributed by atoms with van der Waals surface area (Å²) in [5.74, 6) is 0. The molecule has 0 fully saturated rings. The molecule has 21 heavy (non-hydrogen) atoms. The molecule has 0 aromatic heterocycles. The lowest BCUT2D eigenvalue weighted by Gasteiger charge is -2.16. The first-order valence-electron chi connectivity index (χ1n) is 6.24. The molecule has 0 radical (unpaired) electrons. The summed E-state index contributed by atoms with van der Waals surface area (Å²) in [5, 5.41) is -0.933. The Kier molecular flexibility index (Phi) is 5.68. The lowest BCUT2D eigenvalue weighted by atomic mass is 10.2. The third-order valence-electron chi connectivity index (χ3n) is 2.77. The van der Waals surface area contributed by atoms with Gasteiger partial charge in [0.25, 0.3) is 0 Å². The summed E-state index contributed by atoms with van der Waals surface area (Å²) >= 11 is 1.29. The van der Waals surface area contributed by atoms with E-state index < -0.39 is 10.7 Å². The normalized spacial score (nSPS) is 12.6. The lowest BCUT2D eigenvalue weighted by molar-refractivity contribution is 0.562. The smallest absolute Gasteiger partial charge is 0.211 e. The zero-order chi connectivity index (χ0) is 14.9. The van der Waals surface area contributed by atoms with Gasteiger partial charge in [-0.25, -0.2) is 9.59 Å². The number of hydrogen-bond acceptors (Lipinski definition) is 5. The van der Waals surface area contributed by atoms with Crippen molar-refractivity contribution in [3.8, 4) is 0 Å². The fourth-order valence-corrected chi connectivity index (χ4v) is 2.90. The molecule has 0 aliphatic carbocycles. The Morgan fingerprint density at radius 3 is 1.43 bits per heavy atom. The van der Waals surface area contributed by atoms with Crippen molar-refractivity contribution in [1.29, 1.82) is 0 Å². The highest BCUT2D eigenvalue weighted by atomic mass is 32.2. The quantitative estimate of drug-likeness (QED) is 0.602. The predicted octanol–water partition coefficient (Wildman–Crippen LogP) is 3.79. The maximum Gasteiger partial charge on any atom is 0.236 e. The van der Waals surface area contributed by atoms with Gasteiger partial charge in [-0.3, -0.25) is 0 Å². The minimum absolute atomic E-state index is 0.467. The van der Waals surface area contributed by atoms with Crippen LogP contribution in [0.25, 0.3) is 0 Å². The number of nitrogens with zero attached hydrogens (tertiary/aromatic N) is 2. The van der Waals surface area contributed by atoms with Gasteiger partial charge in [-0.1, -0.05) is 72.4 Å². The average molecular weight is 296 g/mol. The number of benzene rings is 2. The summed E-state index contributed by atoms with van der Waals surface area (Å²) in [6.45, 7) is 0. The SMILES string of the molecule is O=C=NC(SC(N=C=O)c1ccccc1)c1ccccc1. The van der Waals surface area contributed by atoms with Crippen molar-refractivity contribution in [3.05, 3.63) is 71.8 Å². The second kappa shape index (κ2) is 7.98. The van der Waals surface area contributed by atoms with Gasteiger partial charge in [-0.15, -0.1) is 0 Å². The van der Waals surface area contributed by atoms with Gasteiger partial charge in [0.15, 0.2) is 0 Å². The van der Waals surface area contributed by atoms with Crippen LogP contribution in [-0.4, -0.2) is 12.2 Å². The Labute approximate surface area is 126 Å². The summed E-state index contributed by atoms with van der Waals surface area (Å²) in [6.07, 6.45) is 3.16. The third kappa shape index (κ3) is 4.26. The van der Waals surface area contributed by atoms with Gasteiger partial charge < -0.3 is 0 Å². The summed E-state index contributed by atoms with van der Waals surface area (Å²) in [5.41, 5.74) is 1.71. The van der Waals surface area contributed by atoms with Gasteiger partial charge in [0, 0.05) is 0 Å². The minimum Gasteiger partial charge on any atom is -0.211 e. The van der Waals surface area contributed by atoms with Crippen LogP contribution in [0.2, 0.25) is 0 Å². The van der Waals surface area contributed by atoms with E-state index in [0.717, 1.165) is 11.1 Å². The summed E-state index contributed by atoms with van der Waals surface area (Å²) in [7, 11) is 0. The van der Waals surface area contributed by atoms with Gasteiger partial charge in [-0.05, 0) is 11.1 Å². The molecular weight excluding hydrogens is 284 g/mol. The highest BCUT2D eigenvalue weighted by Crippen LogP contribution is 2.41. The highest BCUT2D eigenvalue weighted by Gasteiger charge is 2.19. The van der Waals surface area contributed by atoms with Gasteiger partial charge >= 0.3 is 0 Å². The number of isocyanates is 2. The maximum absolute atomic E-state index is 10.7. The molecule has 104 valence electrons. The van der Waals surface area contributed by atoms with Gasteiger partial charge in [0.1, 0.15) is 10.7 Å². The molecule has 2 atom stereocenters. The van der Waals surface area contributed by atoms with E-state index >= 15 is 0 Å². The monoisotopic (exact) mass is 296 g/mol. The molecule has 0 aliphatic heterocycles. The zero-order valence-electron chi connectivity index (χ0n) is 11.0. The molecule has 2 unspecified atom stereocenters. The molecule has 5 heteroatoms. The molecule has 0 bridgehead atoms. The molecule has 0 N–H and O–H groups in total. The Bertz CT molecular complexity index is 604. The van der Waals surface area contributed by atoms with Crippen LogP contribution in [-0.2, 0) is 9.59 Å². The van der Waals surface area contributed by atoms with Crippen LogP contribution in [0.5, 0.6) is 0 Å². The van der Waals surface area contributed by atoms with Crippen molar-refractivity contribution in [1.82, 2.24) is 0 Å². The van der Waals surface area contributed by atoms with Crippen LogP contribution >= 0.6 is 11.8 Å². The molecule has 0 saturated heterocycles. The average Bonchev–Trinajstić information content (AvgIpc) is 2.55. The summed E-state index contributed by atoms with van der Waals surface area (Å²) in [6, 6.07) is 18.7. The van der Waals surface area contributed by atoms with Crippen LogP contribution in [0.1, 0.15) is 21.9 Å². The Morgan fingerprint density at radius 1 is 0.714 bits per heavy atom. The molecule has 0 aliphatic rings. The number of rotatable bonds is 6. The van der Waals surface area contributed by atoms with Crippen LogP contribution in [0.15, 0.2) is 70.6 Å². The van der Waals surface area contributed by atoms with Crippen molar-refractivity contribution in [2.75, 3.05) is 0 Å². The second-order valence-corrected chi connectivity index (χ2v) is 5.27. The van der Waals surface area contributed by atoms with E-state index in [1.807, 2.05) is 60.7 Å². The van der Waals surface area contributed by atoms with Crippen molar-refractivity contribution >= 4 is 23.9 Å². The summed E-state index contributed by atoms with van der Waals surface area (Å²) in [4.78, 5) is 28.9. The number of aliphatic imine (C=N–C) groups is 2. The first-order chi connectivity index (χ1) is 10.3. The number of thioether (sulfide) groups is 1. The topological polar surface area (TPSA) is 58.9 Å². The maximum atomic E-state index is 10.7. The van der Waals surface area contributed by atoms with E-state index in [0.29, 0.717) is 0 Å². The second-order valence-electron chi connectivity index (χ2n) is 4.10. The molecule has 0 saturated carbocycles. The van der Waals surface area contributed by atoms with Gasteiger partial charge in [0.05, 0.1) is 0 Å². The fourth-order valence-electron chi connectivity index (χ4n) is 1.82. The van der Waals surface area contributed by atoms with E-state index in [4.69, 9.17) is 0 Å². The van der Waals surface area contributed by atoms with Gasteiger partial charge in [-0.2, -0.15) is 9.98 Å². The molecule has 2 aromatic rings. The molecule has 2 aromatic carbocycles. The number of carbonyl (C=O) groups excluding carboxylic acids is 2. The minimum atomic E-state index is -0.467. The molecule has 2 rings (SSSR count). The predicted molar refractivity (Wildman–Crippen MR) is 82.2 cm³/mol. The van der Waals surface area contributed by atoms with E-state index in [1.54, 1.807) is 12.2 Å². The lowest BCUT2D eigenvalue weighted by Crippen LogP contribution is -1.97. The zero-order valence-corrected chi connectivity index (χ0v) is 11.9. The van der Waals surface area contributed by atoms with Crippen molar-refractivity contribution in [2.24, 2.45) is 9.98 Å². The Morgan fingerprint density at radius 2 is 1.10 bits per heavy atom. The largest absolute Gasteiger partial charge is 0.236 e. The third-order valence-corrected chi connectivity index (χ3v) is 4.04.